The van der Waals surface area contributed by atoms with Gasteiger partial charge in [-0.2, -0.15) is 5.10 Å². The Bertz CT molecular complexity index is 320. The van der Waals surface area contributed by atoms with Gasteiger partial charge in [0.05, 0.1) is 6.54 Å². The molecule has 0 aliphatic carbocycles. The molecule has 5 nitrogen and oxygen atoms in total. The van der Waals surface area contributed by atoms with Crippen molar-refractivity contribution in [1.29, 1.82) is 0 Å². The van der Waals surface area contributed by atoms with Crippen molar-refractivity contribution in [3.8, 4) is 0 Å². The molecule has 2 heterocycles. The van der Waals surface area contributed by atoms with E-state index in [-0.39, 0.29) is 24.8 Å². The molecule has 2 unspecified atom stereocenters. The van der Waals surface area contributed by atoms with Crippen LogP contribution in [0.4, 0.5) is 0 Å². The standard InChI is InChI=1S/C10H19N5.2ClH/c1-8-4-15(5-9(2)13-8)6-10-11-7-12-14(10)3;;/h7-9,13H,4-6H2,1-3H3;2*1H. The van der Waals surface area contributed by atoms with Crippen LogP contribution in [0.2, 0.25) is 0 Å². The van der Waals surface area contributed by atoms with Crippen molar-refractivity contribution in [3.05, 3.63) is 12.2 Å². The average Bonchev–Trinajstić information content (AvgIpc) is 2.50. The fourth-order valence-corrected chi connectivity index (χ4v) is 2.23. The van der Waals surface area contributed by atoms with Gasteiger partial charge in [0.2, 0.25) is 0 Å². The number of aromatic nitrogens is 3. The number of rotatable bonds is 2. The third-order valence-corrected chi connectivity index (χ3v) is 2.80. The summed E-state index contributed by atoms with van der Waals surface area (Å²) < 4.78 is 1.84. The highest BCUT2D eigenvalue weighted by molar-refractivity contribution is 5.85. The van der Waals surface area contributed by atoms with Crippen LogP contribution in [0.5, 0.6) is 0 Å². The third kappa shape index (κ3) is 4.43. The van der Waals surface area contributed by atoms with Gasteiger partial charge >= 0.3 is 0 Å². The van der Waals surface area contributed by atoms with Gasteiger partial charge in [-0.1, -0.05) is 0 Å². The van der Waals surface area contributed by atoms with E-state index < -0.39 is 0 Å². The van der Waals surface area contributed by atoms with Crippen molar-refractivity contribution in [2.24, 2.45) is 7.05 Å². The first-order valence-electron chi connectivity index (χ1n) is 5.46. The van der Waals surface area contributed by atoms with Crippen LogP contribution in [-0.2, 0) is 13.6 Å². The molecule has 1 saturated heterocycles. The third-order valence-electron chi connectivity index (χ3n) is 2.80. The molecule has 1 fully saturated rings. The smallest absolute Gasteiger partial charge is 0.140 e. The normalized spacial score (nSPS) is 24.9. The lowest BCUT2D eigenvalue weighted by atomic mass is 10.1. The molecule has 0 radical (unpaired) electrons. The molecule has 2 atom stereocenters. The molecule has 17 heavy (non-hydrogen) atoms. The molecule has 7 heteroatoms. The second-order valence-corrected chi connectivity index (χ2v) is 4.46. The predicted molar refractivity (Wildman–Crippen MR) is 72.8 cm³/mol. The molecule has 0 amide bonds. The highest BCUT2D eigenvalue weighted by atomic mass is 35.5. The zero-order valence-electron chi connectivity index (χ0n) is 10.5. The molecule has 0 saturated carbocycles. The largest absolute Gasteiger partial charge is 0.309 e. The summed E-state index contributed by atoms with van der Waals surface area (Å²) in [6.45, 7) is 7.50. The van der Waals surface area contributed by atoms with Gasteiger partial charge in [0.25, 0.3) is 0 Å². The minimum absolute atomic E-state index is 0. The first kappa shape index (κ1) is 16.6. The van der Waals surface area contributed by atoms with E-state index in [9.17, 15) is 0 Å². The Morgan fingerprint density at radius 3 is 2.35 bits per heavy atom. The quantitative estimate of drug-likeness (QED) is 0.873. The molecule has 0 spiro atoms. The van der Waals surface area contributed by atoms with E-state index in [4.69, 9.17) is 0 Å². The Kier molecular flexibility index (Phi) is 7.01. The molecule has 1 aliphatic heterocycles. The monoisotopic (exact) mass is 281 g/mol. The van der Waals surface area contributed by atoms with Crippen molar-refractivity contribution in [1.82, 2.24) is 25.0 Å². The number of nitrogens with one attached hydrogen (secondary N) is 1. The summed E-state index contributed by atoms with van der Waals surface area (Å²) >= 11 is 0. The van der Waals surface area contributed by atoms with Crippen molar-refractivity contribution in [2.75, 3.05) is 13.1 Å². The Morgan fingerprint density at radius 1 is 1.29 bits per heavy atom. The van der Waals surface area contributed by atoms with Gasteiger partial charge in [-0.3, -0.25) is 9.58 Å². The Morgan fingerprint density at radius 2 is 1.88 bits per heavy atom. The fraction of sp³-hybridized carbons (Fsp3) is 0.800. The summed E-state index contributed by atoms with van der Waals surface area (Å²) in [6, 6.07) is 1.11. The fourth-order valence-electron chi connectivity index (χ4n) is 2.23. The first-order valence-corrected chi connectivity index (χ1v) is 5.46. The Balaban J connectivity index is 0.00000128. The Hall–Kier alpha value is -0.360. The zero-order chi connectivity index (χ0) is 10.8. The van der Waals surface area contributed by atoms with Gasteiger partial charge in [-0.25, -0.2) is 4.98 Å². The summed E-state index contributed by atoms with van der Waals surface area (Å²) in [4.78, 5) is 6.68. The maximum Gasteiger partial charge on any atom is 0.140 e. The summed E-state index contributed by atoms with van der Waals surface area (Å²) in [5.74, 6) is 1.04. The molecule has 100 valence electrons. The summed E-state index contributed by atoms with van der Waals surface area (Å²) in [6.07, 6.45) is 1.62. The summed E-state index contributed by atoms with van der Waals surface area (Å²) in [5.41, 5.74) is 0. The number of hydrogen-bond acceptors (Lipinski definition) is 4. The summed E-state index contributed by atoms with van der Waals surface area (Å²) in [5, 5.41) is 7.60. The molecule has 0 aromatic carbocycles. The minimum Gasteiger partial charge on any atom is -0.309 e. The van der Waals surface area contributed by atoms with Crippen LogP contribution in [-0.4, -0.2) is 44.8 Å². The highest BCUT2D eigenvalue weighted by Crippen LogP contribution is 2.07. The lowest BCUT2D eigenvalue weighted by molar-refractivity contribution is 0.161. The second kappa shape index (κ2) is 7.16. The van der Waals surface area contributed by atoms with Crippen molar-refractivity contribution in [2.45, 2.75) is 32.5 Å². The number of piperazine rings is 1. The SMILES string of the molecule is CC1CN(Cc2ncnn2C)CC(C)N1.Cl.Cl. The maximum absolute atomic E-state index is 4.25. The number of halogens is 2. The van der Waals surface area contributed by atoms with Crippen LogP contribution in [0.1, 0.15) is 19.7 Å². The van der Waals surface area contributed by atoms with E-state index >= 15 is 0 Å². The van der Waals surface area contributed by atoms with Gasteiger partial charge in [0.15, 0.2) is 0 Å². The molecule has 0 bridgehead atoms. The van der Waals surface area contributed by atoms with E-state index in [1.54, 1.807) is 6.33 Å². The average molecular weight is 282 g/mol. The summed E-state index contributed by atoms with van der Waals surface area (Å²) in [7, 11) is 1.94. The molecule has 1 aliphatic rings. The number of nitrogens with zero attached hydrogens (tertiary/aromatic N) is 4. The zero-order valence-corrected chi connectivity index (χ0v) is 12.1. The van der Waals surface area contributed by atoms with Gasteiger partial charge in [-0.15, -0.1) is 24.8 Å². The van der Waals surface area contributed by atoms with E-state index in [1.807, 2.05) is 11.7 Å². The van der Waals surface area contributed by atoms with Crippen molar-refractivity contribution >= 4 is 24.8 Å². The first-order chi connectivity index (χ1) is 7.15. The molecule has 1 aromatic rings. The van der Waals surface area contributed by atoms with E-state index in [0.29, 0.717) is 12.1 Å². The maximum atomic E-state index is 4.25. The second-order valence-electron chi connectivity index (χ2n) is 4.46. The van der Waals surface area contributed by atoms with Crippen molar-refractivity contribution in [3.63, 3.8) is 0 Å². The topological polar surface area (TPSA) is 46.0 Å². The van der Waals surface area contributed by atoms with E-state index in [0.717, 1.165) is 25.5 Å². The van der Waals surface area contributed by atoms with Gasteiger partial charge in [0.1, 0.15) is 12.2 Å². The molecule has 2 rings (SSSR count). The van der Waals surface area contributed by atoms with Crippen LogP contribution in [0.3, 0.4) is 0 Å². The number of aryl methyl sites for hydroxylation is 1. The van der Waals surface area contributed by atoms with E-state index in [2.05, 4.69) is 34.1 Å². The molecular weight excluding hydrogens is 261 g/mol. The molecular formula is C10H21Cl2N5. The van der Waals surface area contributed by atoms with Gasteiger partial charge < -0.3 is 5.32 Å². The predicted octanol–water partition coefficient (Wildman–Crippen LogP) is 0.841. The lowest BCUT2D eigenvalue weighted by Gasteiger charge is -2.35. The lowest BCUT2D eigenvalue weighted by Crippen LogP contribution is -2.53. The van der Waals surface area contributed by atoms with E-state index in [1.165, 1.54) is 0 Å². The number of hydrogen-bond donors (Lipinski definition) is 1. The Labute approximate surface area is 115 Å². The van der Waals surface area contributed by atoms with Crippen LogP contribution >= 0.6 is 24.8 Å². The van der Waals surface area contributed by atoms with Gasteiger partial charge in [0, 0.05) is 32.2 Å². The molecule has 1 aromatic heterocycles. The molecule has 1 N–H and O–H groups in total. The van der Waals surface area contributed by atoms with Crippen LogP contribution in [0.25, 0.3) is 0 Å². The van der Waals surface area contributed by atoms with Crippen LogP contribution in [0.15, 0.2) is 6.33 Å². The highest BCUT2D eigenvalue weighted by Gasteiger charge is 2.21. The van der Waals surface area contributed by atoms with Crippen LogP contribution < -0.4 is 5.32 Å². The van der Waals surface area contributed by atoms with Gasteiger partial charge in [-0.05, 0) is 13.8 Å². The van der Waals surface area contributed by atoms with Crippen LogP contribution in [0, 0.1) is 0 Å². The minimum atomic E-state index is 0. The van der Waals surface area contributed by atoms with Crippen molar-refractivity contribution < 1.29 is 0 Å².